The lowest BCUT2D eigenvalue weighted by molar-refractivity contribution is -0.138. The Labute approximate surface area is 110 Å². The number of benzene rings is 1. The van der Waals surface area contributed by atoms with E-state index in [-0.39, 0.29) is 17.7 Å². The molecular weight excluding hydrogens is 252 g/mol. The first kappa shape index (κ1) is 14.8. The van der Waals surface area contributed by atoms with Crippen molar-refractivity contribution in [1.29, 1.82) is 5.26 Å². The lowest BCUT2D eigenvalue weighted by Crippen LogP contribution is -2.08. The van der Waals surface area contributed by atoms with Crippen LogP contribution < -0.4 is 0 Å². The molecule has 0 N–H and O–H groups in total. The second-order valence-electron chi connectivity index (χ2n) is 3.83. The normalized spacial score (nSPS) is 10.9. The molecular formula is C14H13F2NO2. The van der Waals surface area contributed by atoms with Gasteiger partial charge in [-0.1, -0.05) is 13.3 Å². The summed E-state index contributed by atoms with van der Waals surface area (Å²) < 4.78 is 31.2. The van der Waals surface area contributed by atoms with E-state index in [4.69, 9.17) is 10.00 Å². The standard InChI is InChI=1S/C14H13F2NO2/c1-2-3-6-19-14(18)11(9-17)7-10-8-12(15)4-5-13(10)16/h4-5,7-8H,2-3,6H2,1H3. The van der Waals surface area contributed by atoms with Crippen LogP contribution in [-0.4, -0.2) is 12.6 Å². The third kappa shape index (κ3) is 4.51. The van der Waals surface area contributed by atoms with Gasteiger partial charge in [0.25, 0.3) is 0 Å². The van der Waals surface area contributed by atoms with Crippen LogP contribution in [0.15, 0.2) is 23.8 Å². The van der Waals surface area contributed by atoms with Crippen LogP contribution in [0.1, 0.15) is 25.3 Å². The second kappa shape index (κ2) is 7.27. The first-order valence-corrected chi connectivity index (χ1v) is 5.82. The van der Waals surface area contributed by atoms with E-state index < -0.39 is 17.6 Å². The zero-order valence-electron chi connectivity index (χ0n) is 10.5. The Bertz CT molecular complexity index is 533. The van der Waals surface area contributed by atoms with E-state index >= 15 is 0 Å². The fourth-order valence-corrected chi connectivity index (χ4v) is 1.30. The van der Waals surface area contributed by atoms with Crippen molar-refractivity contribution in [2.45, 2.75) is 19.8 Å². The van der Waals surface area contributed by atoms with Gasteiger partial charge >= 0.3 is 5.97 Å². The molecule has 19 heavy (non-hydrogen) atoms. The van der Waals surface area contributed by atoms with E-state index in [0.29, 0.717) is 6.42 Å². The summed E-state index contributed by atoms with van der Waals surface area (Å²) in [6.45, 7) is 2.12. The van der Waals surface area contributed by atoms with Gasteiger partial charge in [-0.15, -0.1) is 0 Å². The minimum Gasteiger partial charge on any atom is -0.462 e. The zero-order valence-corrected chi connectivity index (χ0v) is 10.5. The van der Waals surface area contributed by atoms with Crippen LogP contribution in [0.25, 0.3) is 6.08 Å². The highest BCUT2D eigenvalue weighted by atomic mass is 19.1. The van der Waals surface area contributed by atoms with Crippen LogP contribution in [0.5, 0.6) is 0 Å². The fraction of sp³-hybridized carbons (Fsp3) is 0.286. The Morgan fingerprint density at radius 2 is 2.21 bits per heavy atom. The third-order valence-electron chi connectivity index (χ3n) is 2.33. The van der Waals surface area contributed by atoms with E-state index in [9.17, 15) is 13.6 Å². The summed E-state index contributed by atoms with van der Waals surface area (Å²) in [5.74, 6) is -2.19. The average Bonchev–Trinajstić information content (AvgIpc) is 2.39. The number of rotatable bonds is 5. The summed E-state index contributed by atoms with van der Waals surface area (Å²) >= 11 is 0. The summed E-state index contributed by atoms with van der Waals surface area (Å²) in [5, 5.41) is 8.84. The third-order valence-corrected chi connectivity index (χ3v) is 2.33. The van der Waals surface area contributed by atoms with Crippen LogP contribution in [-0.2, 0) is 9.53 Å². The molecule has 0 bridgehead atoms. The molecule has 0 saturated heterocycles. The predicted octanol–water partition coefficient (Wildman–Crippen LogP) is 3.22. The van der Waals surface area contributed by atoms with Crippen molar-refractivity contribution in [3.05, 3.63) is 41.0 Å². The molecule has 0 saturated carbocycles. The molecule has 100 valence electrons. The van der Waals surface area contributed by atoms with Crippen molar-refractivity contribution in [2.75, 3.05) is 6.61 Å². The maximum Gasteiger partial charge on any atom is 0.348 e. The van der Waals surface area contributed by atoms with Gasteiger partial charge in [-0.25, -0.2) is 13.6 Å². The molecule has 0 aliphatic rings. The van der Waals surface area contributed by atoms with Gasteiger partial charge in [0.05, 0.1) is 6.61 Å². The second-order valence-corrected chi connectivity index (χ2v) is 3.83. The van der Waals surface area contributed by atoms with Crippen LogP contribution >= 0.6 is 0 Å². The lowest BCUT2D eigenvalue weighted by Gasteiger charge is -2.03. The quantitative estimate of drug-likeness (QED) is 0.355. The summed E-state index contributed by atoms with van der Waals surface area (Å²) in [6.07, 6.45) is 2.50. The molecule has 1 aromatic rings. The molecule has 0 unspecified atom stereocenters. The predicted molar refractivity (Wildman–Crippen MR) is 65.8 cm³/mol. The zero-order chi connectivity index (χ0) is 14.3. The maximum atomic E-state index is 13.4. The smallest absolute Gasteiger partial charge is 0.348 e. The number of halogens is 2. The minimum absolute atomic E-state index is 0.163. The van der Waals surface area contributed by atoms with Crippen molar-refractivity contribution in [3.8, 4) is 6.07 Å². The molecule has 0 aliphatic heterocycles. The summed E-state index contributed by atoms with van der Waals surface area (Å²) in [6, 6.07) is 4.42. The molecule has 1 aromatic carbocycles. The van der Waals surface area contributed by atoms with Gasteiger partial charge in [0.2, 0.25) is 0 Å². The molecule has 1 rings (SSSR count). The molecule has 0 heterocycles. The van der Waals surface area contributed by atoms with Crippen molar-refractivity contribution >= 4 is 12.0 Å². The van der Waals surface area contributed by atoms with Crippen molar-refractivity contribution in [3.63, 3.8) is 0 Å². The fourth-order valence-electron chi connectivity index (χ4n) is 1.30. The van der Waals surface area contributed by atoms with Gasteiger partial charge in [-0.05, 0) is 30.7 Å². The number of nitriles is 1. The highest BCUT2D eigenvalue weighted by molar-refractivity contribution is 5.97. The van der Waals surface area contributed by atoms with E-state index in [0.717, 1.165) is 30.7 Å². The minimum atomic E-state index is -0.834. The molecule has 0 atom stereocenters. The van der Waals surface area contributed by atoms with Crippen molar-refractivity contribution < 1.29 is 18.3 Å². The van der Waals surface area contributed by atoms with Gasteiger partial charge in [-0.3, -0.25) is 0 Å². The maximum absolute atomic E-state index is 13.4. The highest BCUT2D eigenvalue weighted by Crippen LogP contribution is 2.14. The average molecular weight is 265 g/mol. The van der Waals surface area contributed by atoms with Crippen LogP contribution in [0, 0.1) is 23.0 Å². The van der Waals surface area contributed by atoms with Crippen LogP contribution in [0.2, 0.25) is 0 Å². The molecule has 0 aliphatic carbocycles. The summed E-state index contributed by atoms with van der Waals surface area (Å²) in [7, 11) is 0. The SMILES string of the molecule is CCCCOC(=O)C(C#N)=Cc1cc(F)ccc1F. The summed E-state index contributed by atoms with van der Waals surface area (Å²) in [5.41, 5.74) is -0.524. The van der Waals surface area contributed by atoms with Crippen LogP contribution in [0.4, 0.5) is 8.78 Å². The number of nitrogens with zero attached hydrogens (tertiary/aromatic N) is 1. The highest BCUT2D eigenvalue weighted by Gasteiger charge is 2.12. The van der Waals surface area contributed by atoms with Crippen LogP contribution in [0.3, 0.4) is 0 Å². The molecule has 0 aromatic heterocycles. The number of hydrogen-bond acceptors (Lipinski definition) is 3. The van der Waals surface area contributed by atoms with E-state index in [1.165, 1.54) is 0 Å². The number of carbonyl (C=O) groups is 1. The molecule has 0 radical (unpaired) electrons. The Balaban J connectivity index is 2.90. The molecule has 5 heteroatoms. The number of unbranched alkanes of at least 4 members (excludes halogenated alkanes) is 1. The Morgan fingerprint density at radius 3 is 2.84 bits per heavy atom. The first-order chi connectivity index (χ1) is 9.08. The Hall–Kier alpha value is -2.22. The van der Waals surface area contributed by atoms with Crippen molar-refractivity contribution in [2.24, 2.45) is 0 Å². The van der Waals surface area contributed by atoms with E-state index in [2.05, 4.69) is 0 Å². The van der Waals surface area contributed by atoms with Gasteiger partial charge in [0.1, 0.15) is 23.3 Å². The molecule has 0 spiro atoms. The van der Waals surface area contributed by atoms with Gasteiger partial charge in [-0.2, -0.15) is 5.26 Å². The number of hydrogen-bond donors (Lipinski definition) is 0. The topological polar surface area (TPSA) is 50.1 Å². The molecule has 0 amide bonds. The van der Waals surface area contributed by atoms with Crippen molar-refractivity contribution in [1.82, 2.24) is 0 Å². The largest absolute Gasteiger partial charge is 0.462 e. The van der Waals surface area contributed by atoms with Gasteiger partial charge in [0.15, 0.2) is 0 Å². The van der Waals surface area contributed by atoms with Gasteiger partial charge in [0, 0.05) is 5.56 Å². The monoisotopic (exact) mass is 265 g/mol. The number of ether oxygens (including phenoxy) is 1. The Kier molecular flexibility index (Phi) is 5.68. The summed E-state index contributed by atoms with van der Waals surface area (Å²) in [4.78, 5) is 11.5. The Morgan fingerprint density at radius 1 is 1.47 bits per heavy atom. The van der Waals surface area contributed by atoms with E-state index in [1.807, 2.05) is 6.92 Å². The first-order valence-electron chi connectivity index (χ1n) is 5.82. The molecule has 3 nitrogen and oxygen atoms in total. The lowest BCUT2D eigenvalue weighted by atomic mass is 10.1. The van der Waals surface area contributed by atoms with Gasteiger partial charge < -0.3 is 4.74 Å². The van der Waals surface area contributed by atoms with E-state index in [1.54, 1.807) is 6.07 Å². The number of esters is 1. The number of carbonyl (C=O) groups excluding carboxylic acids is 1. The molecule has 0 fully saturated rings.